The highest BCUT2D eigenvalue weighted by atomic mass is 35.5. The Morgan fingerprint density at radius 3 is 2.62 bits per heavy atom. The van der Waals surface area contributed by atoms with E-state index in [2.05, 4.69) is 15.6 Å². The second kappa shape index (κ2) is 9.41. The van der Waals surface area contributed by atoms with Crippen LogP contribution in [0.2, 0.25) is 10.0 Å². The Balaban J connectivity index is 1.66. The Kier molecular flexibility index (Phi) is 6.69. The lowest BCUT2D eigenvalue weighted by Crippen LogP contribution is -2.22. The SMILES string of the molecule is CC(=O)c1cccc(NC(=O)CNc2ccccc2Oc2ncc(Cl)cc2Cl)c1. The van der Waals surface area contributed by atoms with Crippen LogP contribution in [-0.4, -0.2) is 23.2 Å². The molecule has 1 heterocycles. The van der Waals surface area contributed by atoms with Crippen LogP contribution >= 0.6 is 23.2 Å². The summed E-state index contributed by atoms with van der Waals surface area (Å²) in [5.74, 6) is 0.314. The molecule has 148 valence electrons. The molecule has 0 saturated carbocycles. The van der Waals surface area contributed by atoms with Crippen molar-refractivity contribution < 1.29 is 14.3 Å². The summed E-state index contributed by atoms with van der Waals surface area (Å²) in [5, 5.41) is 6.45. The third-order valence-corrected chi connectivity index (χ3v) is 4.34. The Hall–Kier alpha value is -3.09. The van der Waals surface area contributed by atoms with E-state index < -0.39 is 0 Å². The molecule has 0 aliphatic carbocycles. The molecule has 3 aromatic rings. The minimum Gasteiger partial charge on any atom is -0.435 e. The highest BCUT2D eigenvalue weighted by Crippen LogP contribution is 2.33. The van der Waals surface area contributed by atoms with Gasteiger partial charge >= 0.3 is 0 Å². The van der Waals surface area contributed by atoms with Gasteiger partial charge in [-0.05, 0) is 37.3 Å². The number of ether oxygens (including phenoxy) is 1. The van der Waals surface area contributed by atoms with E-state index in [9.17, 15) is 9.59 Å². The second-order valence-electron chi connectivity index (χ2n) is 6.08. The molecule has 0 fully saturated rings. The molecule has 0 aliphatic rings. The van der Waals surface area contributed by atoms with Crippen LogP contribution in [0.4, 0.5) is 11.4 Å². The molecule has 0 bridgehead atoms. The Bertz CT molecular complexity index is 1060. The van der Waals surface area contributed by atoms with Gasteiger partial charge in [0.2, 0.25) is 11.8 Å². The van der Waals surface area contributed by atoms with Crippen molar-refractivity contribution in [3.05, 3.63) is 76.4 Å². The maximum atomic E-state index is 12.3. The number of halogens is 2. The van der Waals surface area contributed by atoms with Gasteiger partial charge in [0.05, 0.1) is 17.3 Å². The Morgan fingerprint density at radius 2 is 1.86 bits per heavy atom. The molecule has 3 rings (SSSR count). The quantitative estimate of drug-likeness (QED) is 0.489. The summed E-state index contributed by atoms with van der Waals surface area (Å²) in [5.41, 5.74) is 1.67. The number of anilines is 2. The zero-order valence-corrected chi connectivity index (χ0v) is 16.9. The highest BCUT2D eigenvalue weighted by molar-refractivity contribution is 6.35. The van der Waals surface area contributed by atoms with E-state index in [0.717, 1.165) is 0 Å². The Morgan fingerprint density at radius 1 is 1.07 bits per heavy atom. The molecule has 0 atom stereocenters. The summed E-state index contributed by atoms with van der Waals surface area (Å²) in [6.45, 7) is 1.47. The number of aromatic nitrogens is 1. The number of nitrogens with zero attached hydrogens (tertiary/aromatic N) is 1. The van der Waals surface area contributed by atoms with Crippen LogP contribution in [0.3, 0.4) is 0 Å². The number of carbonyl (C=O) groups excluding carboxylic acids is 2. The van der Waals surface area contributed by atoms with Gasteiger partial charge in [0.1, 0.15) is 5.02 Å². The van der Waals surface area contributed by atoms with Gasteiger partial charge in [0.25, 0.3) is 0 Å². The first-order valence-electron chi connectivity index (χ1n) is 8.65. The lowest BCUT2D eigenvalue weighted by molar-refractivity contribution is -0.114. The predicted octanol–water partition coefficient (Wildman–Crippen LogP) is 5.43. The smallest absolute Gasteiger partial charge is 0.243 e. The van der Waals surface area contributed by atoms with E-state index in [1.165, 1.54) is 19.2 Å². The molecule has 29 heavy (non-hydrogen) atoms. The van der Waals surface area contributed by atoms with Crippen molar-refractivity contribution in [1.82, 2.24) is 4.98 Å². The standard InChI is InChI=1S/C21H17Cl2N3O3/c1-13(27)14-5-4-6-16(9-14)26-20(28)12-24-18-7-2-3-8-19(18)29-21-17(23)10-15(22)11-25-21/h2-11,24H,12H2,1H3,(H,26,28). The predicted molar refractivity (Wildman–Crippen MR) is 114 cm³/mol. The molecule has 0 aliphatic heterocycles. The average molecular weight is 430 g/mol. The van der Waals surface area contributed by atoms with Gasteiger partial charge in [0, 0.05) is 17.4 Å². The van der Waals surface area contributed by atoms with Gasteiger partial charge in [-0.15, -0.1) is 0 Å². The third kappa shape index (κ3) is 5.70. The van der Waals surface area contributed by atoms with E-state index in [4.69, 9.17) is 27.9 Å². The van der Waals surface area contributed by atoms with Crippen molar-refractivity contribution in [3.8, 4) is 11.6 Å². The van der Waals surface area contributed by atoms with Crippen LogP contribution in [0, 0.1) is 0 Å². The van der Waals surface area contributed by atoms with Gasteiger partial charge in [-0.3, -0.25) is 9.59 Å². The first-order chi connectivity index (χ1) is 13.9. The number of carbonyl (C=O) groups is 2. The molecule has 2 N–H and O–H groups in total. The number of para-hydroxylation sites is 2. The zero-order valence-electron chi connectivity index (χ0n) is 15.4. The molecule has 2 aromatic carbocycles. The summed E-state index contributed by atoms with van der Waals surface area (Å²) in [4.78, 5) is 27.8. The van der Waals surface area contributed by atoms with Crippen molar-refractivity contribution in [2.45, 2.75) is 6.92 Å². The fraction of sp³-hybridized carbons (Fsp3) is 0.0952. The maximum absolute atomic E-state index is 12.3. The average Bonchev–Trinajstić information content (AvgIpc) is 2.69. The molecule has 0 unspecified atom stereocenters. The van der Waals surface area contributed by atoms with Crippen molar-refractivity contribution in [3.63, 3.8) is 0 Å². The maximum Gasteiger partial charge on any atom is 0.243 e. The highest BCUT2D eigenvalue weighted by Gasteiger charge is 2.11. The monoisotopic (exact) mass is 429 g/mol. The number of amides is 1. The molecule has 0 saturated heterocycles. The molecule has 1 amide bonds. The summed E-state index contributed by atoms with van der Waals surface area (Å²) in [6.07, 6.45) is 1.43. The number of nitrogens with one attached hydrogen (secondary N) is 2. The summed E-state index contributed by atoms with van der Waals surface area (Å²) in [7, 11) is 0. The molecule has 8 heteroatoms. The van der Waals surface area contributed by atoms with Gasteiger partial charge in [-0.1, -0.05) is 47.5 Å². The zero-order chi connectivity index (χ0) is 20.8. The lowest BCUT2D eigenvalue weighted by atomic mass is 10.1. The van der Waals surface area contributed by atoms with E-state index >= 15 is 0 Å². The molecule has 0 radical (unpaired) electrons. The van der Waals surface area contributed by atoms with Gasteiger partial charge in [-0.25, -0.2) is 4.98 Å². The number of benzene rings is 2. The van der Waals surface area contributed by atoms with Crippen LogP contribution in [0.1, 0.15) is 17.3 Å². The van der Waals surface area contributed by atoms with Crippen LogP contribution in [-0.2, 0) is 4.79 Å². The fourth-order valence-electron chi connectivity index (χ4n) is 2.48. The first kappa shape index (κ1) is 20.6. The topological polar surface area (TPSA) is 80.3 Å². The van der Waals surface area contributed by atoms with Gasteiger partial charge < -0.3 is 15.4 Å². The summed E-state index contributed by atoms with van der Waals surface area (Å²) in [6, 6.07) is 15.4. The van der Waals surface area contributed by atoms with E-state index in [1.54, 1.807) is 48.5 Å². The number of Topliss-reactive ketones (excluding diaryl/α,β-unsaturated/α-hetero) is 1. The molecular formula is C21H17Cl2N3O3. The van der Waals surface area contributed by atoms with Crippen LogP contribution in [0.25, 0.3) is 0 Å². The van der Waals surface area contributed by atoms with Crippen LogP contribution in [0.15, 0.2) is 60.8 Å². The number of hydrogen-bond donors (Lipinski definition) is 2. The molecular weight excluding hydrogens is 413 g/mol. The number of rotatable bonds is 7. The van der Waals surface area contributed by atoms with Crippen molar-refractivity contribution >= 4 is 46.3 Å². The lowest BCUT2D eigenvalue weighted by Gasteiger charge is -2.13. The normalized spacial score (nSPS) is 10.3. The number of hydrogen-bond acceptors (Lipinski definition) is 5. The molecule has 1 aromatic heterocycles. The number of ketones is 1. The van der Waals surface area contributed by atoms with E-state index in [1.807, 2.05) is 0 Å². The number of pyridine rings is 1. The van der Waals surface area contributed by atoms with Crippen LogP contribution in [0.5, 0.6) is 11.6 Å². The molecule has 6 nitrogen and oxygen atoms in total. The third-order valence-electron chi connectivity index (χ3n) is 3.86. The molecule has 0 spiro atoms. The van der Waals surface area contributed by atoms with Gasteiger partial charge in [-0.2, -0.15) is 0 Å². The largest absolute Gasteiger partial charge is 0.435 e. The van der Waals surface area contributed by atoms with Crippen LogP contribution < -0.4 is 15.4 Å². The second-order valence-corrected chi connectivity index (χ2v) is 6.92. The van der Waals surface area contributed by atoms with Gasteiger partial charge in [0.15, 0.2) is 11.5 Å². The first-order valence-corrected chi connectivity index (χ1v) is 9.40. The van der Waals surface area contributed by atoms with Crippen molar-refractivity contribution in [2.24, 2.45) is 0 Å². The summed E-state index contributed by atoms with van der Waals surface area (Å²) >= 11 is 12.0. The van der Waals surface area contributed by atoms with E-state index in [-0.39, 0.29) is 29.1 Å². The minimum atomic E-state index is -0.275. The Labute approximate surface area is 177 Å². The van der Waals surface area contributed by atoms with E-state index in [0.29, 0.717) is 27.7 Å². The van der Waals surface area contributed by atoms with Crippen molar-refractivity contribution in [2.75, 3.05) is 17.2 Å². The fourth-order valence-corrected chi connectivity index (χ4v) is 2.90. The van der Waals surface area contributed by atoms with Crippen molar-refractivity contribution in [1.29, 1.82) is 0 Å². The summed E-state index contributed by atoms with van der Waals surface area (Å²) < 4.78 is 5.75. The minimum absolute atomic E-state index is 0.00749.